The first-order chi connectivity index (χ1) is 12.1. The van der Waals surface area contributed by atoms with Crippen LogP contribution in [0.2, 0.25) is 0 Å². The lowest BCUT2D eigenvalue weighted by Crippen LogP contribution is -2.41. The molecule has 0 saturated heterocycles. The van der Waals surface area contributed by atoms with Crippen LogP contribution in [0.5, 0.6) is 0 Å². The molecule has 1 aromatic heterocycles. The van der Waals surface area contributed by atoms with E-state index in [4.69, 9.17) is 4.42 Å². The van der Waals surface area contributed by atoms with Crippen LogP contribution in [0.3, 0.4) is 0 Å². The van der Waals surface area contributed by atoms with Crippen LogP contribution in [-0.4, -0.2) is 11.8 Å². The molecule has 0 spiro atoms. The number of fused-ring (bicyclic) bond motifs is 1. The molecule has 2 heterocycles. The summed E-state index contributed by atoms with van der Waals surface area (Å²) in [5, 5.41) is 0. The Morgan fingerprint density at radius 2 is 1.68 bits per heavy atom. The lowest BCUT2D eigenvalue weighted by molar-refractivity contribution is -0.112. The molecule has 2 aromatic carbocycles. The van der Waals surface area contributed by atoms with Gasteiger partial charge in [0.25, 0.3) is 11.8 Å². The summed E-state index contributed by atoms with van der Waals surface area (Å²) in [7, 11) is 0. The van der Waals surface area contributed by atoms with Crippen molar-refractivity contribution in [3.05, 3.63) is 89.4 Å². The minimum atomic E-state index is -0.356. The predicted molar refractivity (Wildman–Crippen MR) is 96.0 cm³/mol. The maximum Gasteiger partial charge on any atom is 0.266 e. The monoisotopic (exact) mass is 329 g/mol. The first-order valence-electron chi connectivity index (χ1n) is 7.95. The third-order valence-corrected chi connectivity index (χ3v) is 4.17. The van der Waals surface area contributed by atoms with Gasteiger partial charge >= 0.3 is 0 Å². The fraction of sp³-hybridized carbons (Fsp3) is 0.0476. The van der Waals surface area contributed by atoms with Gasteiger partial charge in [0.05, 0.1) is 17.5 Å². The number of hydrogen-bond acceptors (Lipinski definition) is 3. The van der Waals surface area contributed by atoms with E-state index in [0.717, 1.165) is 5.56 Å². The highest BCUT2D eigenvalue weighted by Crippen LogP contribution is 2.33. The molecule has 4 nitrogen and oxygen atoms in total. The van der Waals surface area contributed by atoms with Crippen molar-refractivity contribution < 1.29 is 14.0 Å². The summed E-state index contributed by atoms with van der Waals surface area (Å²) in [5.74, 6) is -0.106. The fourth-order valence-electron chi connectivity index (χ4n) is 3.01. The summed E-state index contributed by atoms with van der Waals surface area (Å²) in [4.78, 5) is 27.3. The number of amides is 2. The van der Waals surface area contributed by atoms with Crippen molar-refractivity contribution in [2.75, 3.05) is 4.90 Å². The number of carbonyl (C=O) groups is 2. The van der Waals surface area contributed by atoms with Crippen molar-refractivity contribution in [1.29, 1.82) is 0 Å². The van der Waals surface area contributed by atoms with Gasteiger partial charge in [-0.05, 0) is 48.9 Å². The molecule has 3 aromatic rings. The zero-order chi connectivity index (χ0) is 17.4. The molecule has 0 unspecified atom stereocenters. The number of furan rings is 1. The highest BCUT2D eigenvalue weighted by Gasteiger charge is 2.35. The number of carbonyl (C=O) groups excluding carboxylic acids is 2. The second kappa shape index (κ2) is 5.91. The van der Waals surface area contributed by atoms with E-state index in [2.05, 4.69) is 0 Å². The molecular formula is C21H15NO3. The van der Waals surface area contributed by atoms with Crippen LogP contribution >= 0.6 is 0 Å². The van der Waals surface area contributed by atoms with E-state index in [-0.39, 0.29) is 11.8 Å². The summed E-state index contributed by atoms with van der Waals surface area (Å²) >= 11 is 0. The molecule has 4 heteroatoms. The van der Waals surface area contributed by atoms with Crippen molar-refractivity contribution in [2.24, 2.45) is 0 Å². The average molecular weight is 329 g/mol. The van der Waals surface area contributed by atoms with E-state index in [9.17, 15) is 9.59 Å². The third-order valence-electron chi connectivity index (χ3n) is 4.17. The fourth-order valence-corrected chi connectivity index (χ4v) is 3.01. The normalized spacial score (nSPS) is 15.6. The Kier molecular flexibility index (Phi) is 3.58. The summed E-state index contributed by atoms with van der Waals surface area (Å²) in [6, 6.07) is 18.0. The van der Waals surface area contributed by atoms with Crippen LogP contribution < -0.4 is 4.90 Å². The Hall–Kier alpha value is -3.40. The van der Waals surface area contributed by atoms with Crippen molar-refractivity contribution in [2.45, 2.75) is 6.92 Å². The van der Waals surface area contributed by atoms with Crippen LogP contribution in [0.25, 0.3) is 11.6 Å². The molecule has 25 heavy (non-hydrogen) atoms. The minimum Gasteiger partial charge on any atom is -0.465 e. The topological polar surface area (TPSA) is 50.5 Å². The van der Waals surface area contributed by atoms with Crippen LogP contribution in [0.4, 0.5) is 5.69 Å². The number of nitrogens with zero attached hydrogens (tertiary/aromatic N) is 1. The van der Waals surface area contributed by atoms with Crippen molar-refractivity contribution >= 4 is 29.2 Å². The Morgan fingerprint density at radius 3 is 2.40 bits per heavy atom. The Balaban J connectivity index is 1.92. The van der Waals surface area contributed by atoms with Gasteiger partial charge in [-0.15, -0.1) is 0 Å². The van der Waals surface area contributed by atoms with Gasteiger partial charge in [-0.25, -0.2) is 4.90 Å². The Morgan fingerprint density at radius 1 is 0.880 bits per heavy atom. The van der Waals surface area contributed by atoms with E-state index in [0.29, 0.717) is 28.1 Å². The van der Waals surface area contributed by atoms with Crippen LogP contribution in [0, 0.1) is 6.92 Å². The molecule has 0 fully saturated rings. The van der Waals surface area contributed by atoms with Gasteiger partial charge in [0.15, 0.2) is 0 Å². The minimum absolute atomic E-state index is 0.317. The second-order valence-corrected chi connectivity index (χ2v) is 5.90. The van der Waals surface area contributed by atoms with Crippen LogP contribution in [-0.2, 0) is 4.79 Å². The van der Waals surface area contributed by atoms with E-state index < -0.39 is 0 Å². The standard InChI is InChI=1S/C21H15NO3/c1-14-6-4-7-15(12-14)22-20(23)18-10-3-2-9-17(18)19(21(22)24)13-16-8-5-11-25-16/h2-13H,1H3/b19-13+. The van der Waals surface area contributed by atoms with Crippen molar-refractivity contribution in [3.63, 3.8) is 0 Å². The van der Waals surface area contributed by atoms with E-state index in [1.807, 2.05) is 31.2 Å². The molecule has 0 N–H and O–H groups in total. The number of benzene rings is 2. The second-order valence-electron chi connectivity index (χ2n) is 5.90. The van der Waals surface area contributed by atoms with Crippen molar-refractivity contribution in [3.8, 4) is 0 Å². The van der Waals surface area contributed by atoms with Gasteiger partial charge in [0.1, 0.15) is 5.76 Å². The first kappa shape index (κ1) is 15.1. The molecule has 0 radical (unpaired) electrons. The SMILES string of the molecule is Cc1cccc(N2C(=O)/C(=C/c3ccco3)c3ccccc3C2=O)c1. The maximum atomic E-state index is 13.1. The molecule has 0 bridgehead atoms. The molecule has 1 aliphatic heterocycles. The van der Waals surface area contributed by atoms with Crippen LogP contribution in [0.1, 0.15) is 27.2 Å². The number of rotatable bonds is 2. The number of anilines is 1. The average Bonchev–Trinajstić information content (AvgIpc) is 3.12. The first-order valence-corrected chi connectivity index (χ1v) is 7.95. The maximum absolute atomic E-state index is 13.1. The van der Waals surface area contributed by atoms with Gasteiger partial charge in [-0.2, -0.15) is 0 Å². The zero-order valence-corrected chi connectivity index (χ0v) is 13.6. The third kappa shape index (κ3) is 2.58. The van der Waals surface area contributed by atoms with Gasteiger partial charge in [-0.1, -0.05) is 30.3 Å². The summed E-state index contributed by atoms with van der Waals surface area (Å²) in [5.41, 5.74) is 3.11. The van der Waals surface area contributed by atoms with Gasteiger partial charge in [0.2, 0.25) is 0 Å². The summed E-state index contributed by atoms with van der Waals surface area (Å²) in [6.45, 7) is 1.93. The summed E-state index contributed by atoms with van der Waals surface area (Å²) in [6.07, 6.45) is 3.23. The van der Waals surface area contributed by atoms with Crippen LogP contribution in [0.15, 0.2) is 71.3 Å². The largest absolute Gasteiger partial charge is 0.465 e. The number of hydrogen-bond donors (Lipinski definition) is 0. The number of aryl methyl sites for hydroxylation is 1. The molecule has 2 amide bonds. The predicted octanol–water partition coefficient (Wildman–Crippen LogP) is 4.32. The highest BCUT2D eigenvalue weighted by molar-refractivity contribution is 6.43. The van der Waals surface area contributed by atoms with Crippen molar-refractivity contribution in [1.82, 2.24) is 0 Å². The van der Waals surface area contributed by atoms with Gasteiger partial charge < -0.3 is 4.42 Å². The Labute approximate surface area is 145 Å². The van der Waals surface area contributed by atoms with E-state index >= 15 is 0 Å². The van der Waals surface area contributed by atoms with Gasteiger partial charge in [-0.3, -0.25) is 9.59 Å². The lowest BCUT2D eigenvalue weighted by atomic mass is 9.92. The highest BCUT2D eigenvalue weighted by atomic mass is 16.3. The molecular weight excluding hydrogens is 314 g/mol. The molecule has 0 saturated carbocycles. The zero-order valence-electron chi connectivity index (χ0n) is 13.6. The smallest absolute Gasteiger partial charge is 0.266 e. The molecule has 0 aliphatic carbocycles. The molecule has 122 valence electrons. The molecule has 0 atom stereocenters. The molecule has 4 rings (SSSR count). The summed E-state index contributed by atoms with van der Waals surface area (Å²) < 4.78 is 5.35. The Bertz CT molecular complexity index is 999. The van der Waals surface area contributed by atoms with E-state index in [1.165, 1.54) is 4.90 Å². The van der Waals surface area contributed by atoms with E-state index in [1.54, 1.807) is 48.7 Å². The molecule has 1 aliphatic rings. The lowest BCUT2D eigenvalue weighted by Gasteiger charge is -2.28. The van der Waals surface area contributed by atoms with Gasteiger partial charge in [0, 0.05) is 11.1 Å². The quantitative estimate of drug-likeness (QED) is 0.520. The number of imide groups is 1.